The van der Waals surface area contributed by atoms with Gasteiger partial charge in [-0.05, 0) is 58.5 Å². The third-order valence-electron chi connectivity index (χ3n) is 5.96. The van der Waals surface area contributed by atoms with Gasteiger partial charge in [-0.2, -0.15) is 4.31 Å². The zero-order valence-electron chi connectivity index (χ0n) is 17.8. The van der Waals surface area contributed by atoms with Crippen molar-refractivity contribution in [3.05, 3.63) is 11.5 Å². The molecule has 1 aromatic rings. The molecule has 1 N–H and O–H groups in total. The molecule has 2 atom stereocenters. The molecule has 2 unspecified atom stereocenters. The average Bonchev–Trinajstić information content (AvgIpc) is 3.06. The fourth-order valence-corrected chi connectivity index (χ4v) is 6.23. The number of piperidine rings is 2. The first kappa shape index (κ1) is 22.2. The van der Waals surface area contributed by atoms with Crippen LogP contribution < -0.4 is 5.32 Å². The minimum Gasteiger partial charge on any atom is -0.360 e. The van der Waals surface area contributed by atoms with E-state index in [-0.39, 0.29) is 23.3 Å². The Balaban J connectivity index is 1.54. The minimum atomic E-state index is -3.71. The number of hydrogen-bond donors (Lipinski definition) is 1. The van der Waals surface area contributed by atoms with Gasteiger partial charge in [0.2, 0.25) is 15.9 Å². The summed E-state index contributed by atoms with van der Waals surface area (Å²) in [5.41, 5.74) is 0.362. The maximum atomic E-state index is 13.0. The molecule has 2 fully saturated rings. The molecule has 3 rings (SSSR count). The van der Waals surface area contributed by atoms with Crippen LogP contribution in [0.25, 0.3) is 0 Å². The van der Waals surface area contributed by atoms with E-state index in [4.69, 9.17) is 4.52 Å². The van der Waals surface area contributed by atoms with E-state index in [2.05, 4.69) is 22.3 Å². The number of aromatic nitrogens is 1. The van der Waals surface area contributed by atoms with Crippen LogP contribution in [-0.2, 0) is 14.8 Å². The number of sulfonamides is 1. The number of amides is 1. The van der Waals surface area contributed by atoms with E-state index in [1.54, 1.807) is 13.8 Å². The lowest BCUT2D eigenvalue weighted by Crippen LogP contribution is -2.46. The Hall–Kier alpha value is -1.45. The predicted molar refractivity (Wildman–Crippen MR) is 110 cm³/mol. The number of nitrogens with one attached hydrogen (secondary N) is 1. The van der Waals surface area contributed by atoms with Crippen LogP contribution in [0.4, 0.5) is 0 Å². The summed E-state index contributed by atoms with van der Waals surface area (Å²) in [5, 5.41) is 6.82. The highest BCUT2D eigenvalue weighted by Gasteiger charge is 2.36. The number of nitrogens with zero attached hydrogens (tertiary/aromatic N) is 3. The smallest absolute Gasteiger partial charge is 0.248 e. The van der Waals surface area contributed by atoms with Crippen molar-refractivity contribution < 1.29 is 17.7 Å². The van der Waals surface area contributed by atoms with Gasteiger partial charge in [-0.1, -0.05) is 18.5 Å². The van der Waals surface area contributed by atoms with E-state index >= 15 is 0 Å². The molecule has 0 spiro atoms. The summed E-state index contributed by atoms with van der Waals surface area (Å²) in [7, 11) is -3.71. The van der Waals surface area contributed by atoms with Crippen LogP contribution in [-0.4, -0.2) is 68.0 Å². The van der Waals surface area contributed by atoms with Crippen LogP contribution in [0.2, 0.25) is 0 Å². The first-order chi connectivity index (χ1) is 13.8. The largest absolute Gasteiger partial charge is 0.360 e. The molecule has 2 aliphatic rings. The zero-order valence-corrected chi connectivity index (χ0v) is 18.6. The molecule has 0 aliphatic carbocycles. The van der Waals surface area contributed by atoms with Crippen molar-refractivity contribution in [2.24, 2.45) is 11.8 Å². The van der Waals surface area contributed by atoms with Crippen LogP contribution in [0, 0.1) is 25.7 Å². The van der Waals surface area contributed by atoms with Crippen LogP contribution in [0.1, 0.15) is 50.5 Å². The van der Waals surface area contributed by atoms with Crippen LogP contribution >= 0.6 is 0 Å². The van der Waals surface area contributed by atoms with Crippen molar-refractivity contribution in [1.82, 2.24) is 19.7 Å². The van der Waals surface area contributed by atoms with Crippen molar-refractivity contribution in [2.45, 2.75) is 57.8 Å². The van der Waals surface area contributed by atoms with Gasteiger partial charge >= 0.3 is 0 Å². The lowest BCUT2D eigenvalue weighted by atomic mass is 9.98. The first-order valence-corrected chi connectivity index (χ1v) is 12.2. The molecule has 1 aromatic heterocycles. The Labute approximate surface area is 174 Å². The molecule has 0 aromatic carbocycles. The summed E-state index contributed by atoms with van der Waals surface area (Å²) in [6, 6.07) is 0. The van der Waals surface area contributed by atoms with Crippen LogP contribution in [0.15, 0.2) is 9.42 Å². The average molecular weight is 427 g/mol. The number of rotatable bonds is 7. The molecule has 29 heavy (non-hydrogen) atoms. The fraction of sp³-hybridized carbons (Fsp3) is 0.800. The van der Waals surface area contributed by atoms with Gasteiger partial charge in [0.25, 0.3) is 0 Å². The molecule has 1 amide bonds. The van der Waals surface area contributed by atoms with Gasteiger partial charge in [0.15, 0.2) is 5.76 Å². The van der Waals surface area contributed by atoms with Crippen LogP contribution in [0.3, 0.4) is 0 Å². The SMILES string of the molecule is Cc1noc(C)c1S(=O)(=O)N1CCCC(C(=O)NCC(C)CN2CCCCC2)C1. The van der Waals surface area contributed by atoms with E-state index in [9.17, 15) is 13.2 Å². The van der Waals surface area contributed by atoms with Gasteiger partial charge in [0.1, 0.15) is 10.6 Å². The summed E-state index contributed by atoms with van der Waals surface area (Å²) in [6.07, 6.45) is 5.22. The van der Waals surface area contributed by atoms with E-state index in [1.165, 1.54) is 23.6 Å². The highest BCUT2D eigenvalue weighted by atomic mass is 32.2. The number of aryl methyl sites for hydroxylation is 2. The summed E-state index contributed by atoms with van der Waals surface area (Å²) in [5.74, 6) is 0.304. The molecule has 2 saturated heterocycles. The molecule has 0 bridgehead atoms. The van der Waals surface area contributed by atoms with E-state index in [0.29, 0.717) is 43.3 Å². The maximum Gasteiger partial charge on any atom is 0.248 e. The van der Waals surface area contributed by atoms with Crippen molar-refractivity contribution >= 4 is 15.9 Å². The Bertz CT molecular complexity index is 782. The maximum absolute atomic E-state index is 13.0. The molecule has 9 heteroatoms. The van der Waals surface area contributed by atoms with E-state index < -0.39 is 10.0 Å². The molecule has 3 heterocycles. The second kappa shape index (κ2) is 9.57. The van der Waals surface area contributed by atoms with Gasteiger partial charge in [0.05, 0.1) is 5.92 Å². The zero-order chi connectivity index (χ0) is 21.0. The number of carbonyl (C=O) groups excluding carboxylic acids is 1. The second-order valence-electron chi connectivity index (χ2n) is 8.57. The number of hydrogen-bond acceptors (Lipinski definition) is 6. The number of carbonyl (C=O) groups is 1. The molecular weight excluding hydrogens is 392 g/mol. The normalized spacial score (nSPS) is 23.1. The van der Waals surface area contributed by atoms with Gasteiger partial charge < -0.3 is 14.7 Å². The van der Waals surface area contributed by atoms with Crippen molar-refractivity contribution in [1.29, 1.82) is 0 Å². The summed E-state index contributed by atoms with van der Waals surface area (Å²) in [6.45, 7) is 9.93. The minimum absolute atomic E-state index is 0.0471. The van der Waals surface area contributed by atoms with E-state index in [0.717, 1.165) is 19.6 Å². The topological polar surface area (TPSA) is 95.8 Å². The summed E-state index contributed by atoms with van der Waals surface area (Å²) < 4.78 is 32.5. The quantitative estimate of drug-likeness (QED) is 0.716. The molecule has 0 saturated carbocycles. The molecule has 2 aliphatic heterocycles. The Morgan fingerprint density at radius 1 is 1.21 bits per heavy atom. The first-order valence-electron chi connectivity index (χ1n) is 10.7. The van der Waals surface area contributed by atoms with Crippen molar-refractivity contribution in [3.63, 3.8) is 0 Å². The fourth-order valence-electron chi connectivity index (χ4n) is 4.41. The van der Waals surface area contributed by atoms with E-state index in [1.807, 2.05) is 0 Å². The number of likely N-dealkylation sites (tertiary alicyclic amines) is 1. The molecular formula is C20H34N4O4S. The van der Waals surface area contributed by atoms with Gasteiger partial charge in [0, 0.05) is 26.2 Å². The second-order valence-corrected chi connectivity index (χ2v) is 10.4. The Morgan fingerprint density at radius 3 is 2.59 bits per heavy atom. The monoisotopic (exact) mass is 426 g/mol. The predicted octanol–water partition coefficient (Wildman–Crippen LogP) is 1.93. The van der Waals surface area contributed by atoms with Gasteiger partial charge in [-0.25, -0.2) is 8.42 Å². The highest BCUT2D eigenvalue weighted by Crippen LogP contribution is 2.27. The van der Waals surface area contributed by atoms with Crippen LogP contribution in [0.5, 0.6) is 0 Å². The third kappa shape index (κ3) is 5.38. The summed E-state index contributed by atoms with van der Waals surface area (Å²) >= 11 is 0. The standard InChI is InChI=1S/C20H34N4O4S/c1-15(13-23-9-5-4-6-10-23)12-21-20(25)18-8-7-11-24(14-18)29(26,27)19-16(2)22-28-17(19)3/h15,18H,4-14H2,1-3H3,(H,21,25). The van der Waals surface area contributed by atoms with Crippen molar-refractivity contribution in [2.75, 3.05) is 39.3 Å². The van der Waals surface area contributed by atoms with Gasteiger partial charge in [-0.3, -0.25) is 4.79 Å². The molecule has 8 nitrogen and oxygen atoms in total. The Kier molecular flexibility index (Phi) is 7.34. The Morgan fingerprint density at radius 2 is 1.93 bits per heavy atom. The van der Waals surface area contributed by atoms with Gasteiger partial charge in [-0.15, -0.1) is 0 Å². The highest BCUT2D eigenvalue weighted by molar-refractivity contribution is 7.89. The molecule has 0 radical (unpaired) electrons. The molecule has 164 valence electrons. The van der Waals surface area contributed by atoms with Crippen molar-refractivity contribution in [3.8, 4) is 0 Å². The third-order valence-corrected chi connectivity index (χ3v) is 8.07. The lowest BCUT2D eigenvalue weighted by molar-refractivity contribution is -0.126. The summed E-state index contributed by atoms with van der Waals surface area (Å²) in [4.78, 5) is 15.3. The lowest BCUT2D eigenvalue weighted by Gasteiger charge is -2.32.